The quantitative estimate of drug-likeness (QED) is 0.585. The summed E-state index contributed by atoms with van der Waals surface area (Å²) >= 11 is 0. The SMILES string of the molecule is Cc1ccc(C)c2c(C)c(C(=O)NCc3ccccc3-n3cccn3)oc12. The Balaban J connectivity index is 1.62. The van der Waals surface area contributed by atoms with Crippen molar-refractivity contribution in [2.75, 3.05) is 0 Å². The summed E-state index contributed by atoms with van der Waals surface area (Å²) < 4.78 is 7.73. The van der Waals surface area contributed by atoms with E-state index in [9.17, 15) is 4.79 Å². The van der Waals surface area contributed by atoms with Crippen molar-refractivity contribution >= 4 is 16.9 Å². The van der Waals surface area contributed by atoms with Gasteiger partial charge >= 0.3 is 0 Å². The molecule has 1 N–H and O–H groups in total. The summed E-state index contributed by atoms with van der Waals surface area (Å²) in [6.45, 7) is 6.35. The van der Waals surface area contributed by atoms with Crippen LogP contribution in [0.2, 0.25) is 0 Å². The first-order valence-electron chi connectivity index (χ1n) is 8.91. The molecule has 0 atom stereocenters. The number of carbonyl (C=O) groups excluding carboxylic acids is 1. The van der Waals surface area contributed by atoms with Crippen LogP contribution in [0.1, 0.15) is 32.8 Å². The number of nitrogens with one attached hydrogen (secondary N) is 1. The predicted molar refractivity (Wildman–Crippen MR) is 105 cm³/mol. The first-order valence-corrected chi connectivity index (χ1v) is 8.91. The van der Waals surface area contributed by atoms with Crippen molar-refractivity contribution in [1.82, 2.24) is 15.1 Å². The second-order valence-electron chi connectivity index (χ2n) is 6.72. The predicted octanol–water partition coefficient (Wildman–Crippen LogP) is 4.47. The van der Waals surface area contributed by atoms with E-state index in [0.717, 1.165) is 38.9 Å². The van der Waals surface area contributed by atoms with Gasteiger partial charge in [-0.15, -0.1) is 0 Å². The Hall–Kier alpha value is -3.34. The first kappa shape index (κ1) is 17.1. The molecule has 0 aliphatic heterocycles. The van der Waals surface area contributed by atoms with E-state index in [2.05, 4.69) is 16.5 Å². The topological polar surface area (TPSA) is 60.1 Å². The smallest absolute Gasteiger partial charge is 0.287 e. The average molecular weight is 359 g/mol. The molecule has 5 nitrogen and oxygen atoms in total. The number of furan rings is 1. The number of benzene rings is 2. The molecule has 2 aromatic carbocycles. The molecule has 0 saturated carbocycles. The van der Waals surface area contributed by atoms with Gasteiger partial charge in [-0.2, -0.15) is 5.10 Å². The number of aryl methyl sites for hydroxylation is 3. The van der Waals surface area contributed by atoms with Crippen LogP contribution in [-0.2, 0) is 6.54 Å². The van der Waals surface area contributed by atoms with Crippen LogP contribution in [0, 0.1) is 20.8 Å². The highest BCUT2D eigenvalue weighted by molar-refractivity contribution is 6.00. The lowest BCUT2D eigenvalue weighted by Gasteiger charge is -2.10. The molecule has 136 valence electrons. The minimum atomic E-state index is -0.210. The summed E-state index contributed by atoms with van der Waals surface area (Å²) in [5.74, 6) is 0.164. The van der Waals surface area contributed by atoms with Crippen LogP contribution in [0.3, 0.4) is 0 Å². The number of nitrogens with zero attached hydrogens (tertiary/aromatic N) is 2. The average Bonchev–Trinajstić information content (AvgIpc) is 3.32. The molecule has 27 heavy (non-hydrogen) atoms. The molecule has 1 amide bonds. The third-order valence-corrected chi connectivity index (χ3v) is 4.87. The van der Waals surface area contributed by atoms with Crippen molar-refractivity contribution < 1.29 is 9.21 Å². The zero-order valence-corrected chi connectivity index (χ0v) is 15.6. The summed E-state index contributed by atoms with van der Waals surface area (Å²) in [7, 11) is 0. The van der Waals surface area contributed by atoms with Crippen molar-refractivity contribution in [3.63, 3.8) is 0 Å². The van der Waals surface area contributed by atoms with E-state index in [-0.39, 0.29) is 5.91 Å². The van der Waals surface area contributed by atoms with Gasteiger partial charge < -0.3 is 9.73 Å². The van der Waals surface area contributed by atoms with Gasteiger partial charge in [0.05, 0.1) is 5.69 Å². The van der Waals surface area contributed by atoms with Gasteiger partial charge in [0.15, 0.2) is 5.76 Å². The lowest BCUT2D eigenvalue weighted by Crippen LogP contribution is -2.23. The number of rotatable bonds is 4. The van der Waals surface area contributed by atoms with Gasteiger partial charge in [-0.05, 0) is 49.6 Å². The largest absolute Gasteiger partial charge is 0.450 e. The lowest BCUT2D eigenvalue weighted by molar-refractivity contribution is 0.0924. The van der Waals surface area contributed by atoms with Gasteiger partial charge in [-0.1, -0.05) is 30.3 Å². The van der Waals surface area contributed by atoms with Crippen LogP contribution >= 0.6 is 0 Å². The Labute approximate surface area is 157 Å². The van der Waals surface area contributed by atoms with Crippen molar-refractivity contribution in [3.8, 4) is 5.69 Å². The highest BCUT2D eigenvalue weighted by atomic mass is 16.3. The minimum absolute atomic E-state index is 0.210. The maximum atomic E-state index is 12.8. The molecular formula is C22H21N3O2. The number of fused-ring (bicyclic) bond motifs is 1. The zero-order chi connectivity index (χ0) is 19.0. The molecule has 0 saturated heterocycles. The van der Waals surface area contributed by atoms with E-state index in [0.29, 0.717) is 12.3 Å². The monoisotopic (exact) mass is 359 g/mol. The van der Waals surface area contributed by atoms with Crippen LogP contribution in [-0.4, -0.2) is 15.7 Å². The molecule has 2 aromatic heterocycles. The van der Waals surface area contributed by atoms with Crippen LogP contribution in [0.25, 0.3) is 16.7 Å². The van der Waals surface area contributed by atoms with Crippen LogP contribution in [0.5, 0.6) is 0 Å². The van der Waals surface area contributed by atoms with Crippen LogP contribution < -0.4 is 5.32 Å². The van der Waals surface area contributed by atoms with Crippen molar-refractivity contribution in [1.29, 1.82) is 0 Å². The van der Waals surface area contributed by atoms with Gasteiger partial charge in [0, 0.05) is 29.9 Å². The zero-order valence-electron chi connectivity index (χ0n) is 15.6. The molecule has 0 spiro atoms. The Morgan fingerprint density at radius 2 is 1.85 bits per heavy atom. The maximum absolute atomic E-state index is 12.8. The lowest BCUT2D eigenvalue weighted by atomic mass is 10.0. The standard InChI is InChI=1S/C22H21N3O2/c1-14-9-10-15(2)20-19(14)16(3)21(27-20)22(26)23-13-17-7-4-5-8-18(17)25-12-6-11-24-25/h4-12H,13H2,1-3H3,(H,23,26). The van der Waals surface area contributed by atoms with E-state index in [1.165, 1.54) is 0 Å². The molecule has 0 aliphatic rings. The second-order valence-corrected chi connectivity index (χ2v) is 6.72. The fourth-order valence-electron chi connectivity index (χ4n) is 3.44. The number of para-hydroxylation sites is 1. The Bertz CT molecular complexity index is 1120. The third kappa shape index (κ3) is 3.01. The number of hydrogen-bond donors (Lipinski definition) is 1. The molecule has 2 heterocycles. The number of aromatic nitrogens is 2. The summed E-state index contributed by atoms with van der Waals surface area (Å²) in [5, 5.41) is 8.29. The second kappa shape index (κ2) is 6.76. The number of hydrogen-bond acceptors (Lipinski definition) is 3. The van der Waals surface area contributed by atoms with Crippen molar-refractivity contribution in [2.24, 2.45) is 0 Å². The summed E-state index contributed by atoms with van der Waals surface area (Å²) in [5.41, 5.74) is 5.73. The first-order chi connectivity index (χ1) is 13.1. The maximum Gasteiger partial charge on any atom is 0.287 e. The molecule has 0 aliphatic carbocycles. The summed E-state index contributed by atoms with van der Waals surface area (Å²) in [4.78, 5) is 12.8. The summed E-state index contributed by atoms with van der Waals surface area (Å²) in [6, 6.07) is 13.8. The molecular weight excluding hydrogens is 338 g/mol. The molecule has 0 unspecified atom stereocenters. The molecule has 0 radical (unpaired) electrons. The molecule has 5 heteroatoms. The Kier molecular flexibility index (Phi) is 4.28. The van der Waals surface area contributed by atoms with E-state index >= 15 is 0 Å². The minimum Gasteiger partial charge on any atom is -0.450 e. The molecule has 0 fully saturated rings. The van der Waals surface area contributed by atoms with Crippen molar-refractivity contribution in [2.45, 2.75) is 27.3 Å². The summed E-state index contributed by atoms with van der Waals surface area (Å²) in [6.07, 6.45) is 3.62. The van der Waals surface area contributed by atoms with E-state index < -0.39 is 0 Å². The highest BCUT2D eigenvalue weighted by Crippen LogP contribution is 2.30. The van der Waals surface area contributed by atoms with E-state index in [1.807, 2.05) is 63.4 Å². The van der Waals surface area contributed by atoms with Gasteiger partial charge in [-0.25, -0.2) is 4.68 Å². The van der Waals surface area contributed by atoms with Gasteiger partial charge in [0.2, 0.25) is 0 Å². The Morgan fingerprint density at radius 1 is 1.07 bits per heavy atom. The van der Waals surface area contributed by atoms with Crippen LogP contribution in [0.4, 0.5) is 0 Å². The van der Waals surface area contributed by atoms with E-state index in [1.54, 1.807) is 10.9 Å². The van der Waals surface area contributed by atoms with Gasteiger partial charge in [-0.3, -0.25) is 4.79 Å². The fraction of sp³-hybridized carbons (Fsp3) is 0.182. The molecule has 0 bridgehead atoms. The van der Waals surface area contributed by atoms with E-state index in [4.69, 9.17) is 4.42 Å². The molecule has 4 aromatic rings. The van der Waals surface area contributed by atoms with Gasteiger partial charge in [0.1, 0.15) is 5.58 Å². The third-order valence-electron chi connectivity index (χ3n) is 4.87. The highest BCUT2D eigenvalue weighted by Gasteiger charge is 2.20. The van der Waals surface area contributed by atoms with Gasteiger partial charge in [0.25, 0.3) is 5.91 Å². The molecule has 4 rings (SSSR count). The normalized spacial score (nSPS) is 11.1. The van der Waals surface area contributed by atoms with Crippen LogP contribution in [0.15, 0.2) is 59.3 Å². The number of amides is 1. The number of carbonyl (C=O) groups is 1. The fourth-order valence-corrected chi connectivity index (χ4v) is 3.44. The Morgan fingerprint density at radius 3 is 2.59 bits per heavy atom. The van der Waals surface area contributed by atoms with Crippen molar-refractivity contribution in [3.05, 3.63) is 82.9 Å².